The lowest BCUT2D eigenvalue weighted by molar-refractivity contribution is 0.411. The average Bonchev–Trinajstić information content (AvgIpc) is 2.72. The summed E-state index contributed by atoms with van der Waals surface area (Å²) in [5, 5.41) is 0. The van der Waals surface area contributed by atoms with Gasteiger partial charge < -0.3 is 4.90 Å². The first-order chi connectivity index (χ1) is 7.83. The minimum Gasteiger partial charge on any atom is -0.356 e. The van der Waals surface area contributed by atoms with Crippen LogP contribution < -0.4 is 4.90 Å². The second-order valence-corrected chi connectivity index (χ2v) is 4.83. The van der Waals surface area contributed by atoms with Crippen LogP contribution in [0.3, 0.4) is 0 Å². The van der Waals surface area contributed by atoms with Crippen molar-refractivity contribution in [1.82, 2.24) is 9.97 Å². The molecule has 0 unspecified atom stereocenters. The van der Waals surface area contributed by atoms with Gasteiger partial charge in [0.05, 0.1) is 0 Å². The Morgan fingerprint density at radius 1 is 1.19 bits per heavy atom. The summed E-state index contributed by atoms with van der Waals surface area (Å²) >= 11 is 0. The van der Waals surface area contributed by atoms with Crippen LogP contribution in [0.15, 0.2) is 24.4 Å². The molecule has 84 valence electrons. The number of fused-ring (bicyclic) bond motifs is 1. The highest BCUT2D eigenvalue weighted by atomic mass is 15.2. The van der Waals surface area contributed by atoms with E-state index in [2.05, 4.69) is 27.0 Å². The van der Waals surface area contributed by atoms with E-state index in [-0.39, 0.29) is 0 Å². The summed E-state index contributed by atoms with van der Waals surface area (Å²) in [6.45, 7) is 4.27. The van der Waals surface area contributed by atoms with E-state index < -0.39 is 0 Å². The van der Waals surface area contributed by atoms with Gasteiger partial charge in [0, 0.05) is 19.3 Å². The first kappa shape index (κ1) is 9.82. The van der Waals surface area contributed by atoms with Crippen molar-refractivity contribution in [3.05, 3.63) is 30.2 Å². The van der Waals surface area contributed by atoms with E-state index in [4.69, 9.17) is 0 Å². The molecule has 0 amide bonds. The molecule has 16 heavy (non-hydrogen) atoms. The maximum Gasteiger partial charge on any atom is 0.132 e. The molecule has 0 spiro atoms. The van der Waals surface area contributed by atoms with E-state index in [0.29, 0.717) is 0 Å². The molecule has 1 fully saturated rings. The molecule has 2 atom stereocenters. The Labute approximate surface area is 96.2 Å². The minimum atomic E-state index is 0.834. The molecule has 1 aliphatic heterocycles. The Hall–Kier alpha value is -1.38. The lowest BCUT2D eigenvalue weighted by Crippen LogP contribution is -2.21. The van der Waals surface area contributed by atoms with Crippen LogP contribution in [0.25, 0.3) is 0 Å². The second kappa shape index (κ2) is 3.89. The van der Waals surface area contributed by atoms with Crippen LogP contribution in [0.5, 0.6) is 0 Å². The van der Waals surface area contributed by atoms with Crippen LogP contribution in [-0.4, -0.2) is 23.1 Å². The SMILES string of the molecule is Cc1nccc(N2C[C@H]3CC=CC[C@@H]3C2)n1. The third kappa shape index (κ3) is 1.70. The minimum absolute atomic E-state index is 0.834. The van der Waals surface area contributed by atoms with Crippen LogP contribution in [0.4, 0.5) is 5.82 Å². The zero-order valence-electron chi connectivity index (χ0n) is 9.63. The van der Waals surface area contributed by atoms with Gasteiger partial charge in [-0.15, -0.1) is 0 Å². The normalized spacial score (nSPS) is 28.2. The zero-order chi connectivity index (χ0) is 11.0. The fraction of sp³-hybridized carbons (Fsp3) is 0.538. The van der Waals surface area contributed by atoms with Crippen molar-refractivity contribution in [1.29, 1.82) is 0 Å². The molecule has 2 heterocycles. The third-order valence-electron chi connectivity index (χ3n) is 3.71. The van der Waals surface area contributed by atoms with Crippen molar-refractivity contribution in [2.45, 2.75) is 19.8 Å². The molecule has 1 aromatic heterocycles. The Balaban J connectivity index is 1.79. The van der Waals surface area contributed by atoms with E-state index in [9.17, 15) is 0 Å². The topological polar surface area (TPSA) is 29.0 Å². The monoisotopic (exact) mass is 215 g/mol. The smallest absolute Gasteiger partial charge is 0.132 e. The highest BCUT2D eigenvalue weighted by Crippen LogP contribution is 2.34. The van der Waals surface area contributed by atoms with Gasteiger partial charge in [0.15, 0.2) is 0 Å². The van der Waals surface area contributed by atoms with Gasteiger partial charge >= 0.3 is 0 Å². The van der Waals surface area contributed by atoms with E-state index >= 15 is 0 Å². The summed E-state index contributed by atoms with van der Waals surface area (Å²) in [5.74, 6) is 3.63. The second-order valence-electron chi connectivity index (χ2n) is 4.83. The molecule has 3 nitrogen and oxygen atoms in total. The molecule has 2 aliphatic rings. The van der Waals surface area contributed by atoms with E-state index in [1.807, 2.05) is 19.2 Å². The van der Waals surface area contributed by atoms with Crippen LogP contribution >= 0.6 is 0 Å². The van der Waals surface area contributed by atoms with Gasteiger partial charge in [-0.3, -0.25) is 0 Å². The van der Waals surface area contributed by atoms with Crippen molar-refractivity contribution in [2.75, 3.05) is 18.0 Å². The van der Waals surface area contributed by atoms with Crippen molar-refractivity contribution in [3.8, 4) is 0 Å². The van der Waals surface area contributed by atoms with Gasteiger partial charge in [0.25, 0.3) is 0 Å². The van der Waals surface area contributed by atoms with E-state index in [0.717, 1.165) is 36.6 Å². The highest BCUT2D eigenvalue weighted by Gasteiger charge is 2.33. The first-order valence-electron chi connectivity index (χ1n) is 6.02. The van der Waals surface area contributed by atoms with E-state index in [1.165, 1.54) is 12.8 Å². The molecule has 3 rings (SSSR count). The summed E-state index contributed by atoms with van der Waals surface area (Å²) in [6, 6.07) is 2.03. The maximum absolute atomic E-state index is 4.51. The van der Waals surface area contributed by atoms with Gasteiger partial charge in [0.2, 0.25) is 0 Å². The number of hydrogen-bond donors (Lipinski definition) is 0. The van der Waals surface area contributed by atoms with Crippen molar-refractivity contribution < 1.29 is 0 Å². The average molecular weight is 215 g/mol. The predicted molar refractivity (Wildman–Crippen MR) is 64.3 cm³/mol. The number of anilines is 1. The largest absolute Gasteiger partial charge is 0.356 e. The highest BCUT2D eigenvalue weighted by molar-refractivity contribution is 5.39. The number of aromatic nitrogens is 2. The first-order valence-corrected chi connectivity index (χ1v) is 6.02. The standard InChI is InChI=1S/C13H17N3/c1-10-14-7-6-13(15-10)16-8-11-4-2-3-5-12(11)9-16/h2-3,6-7,11-12H,4-5,8-9H2,1H3/t11-,12-/m1/s1. The molecule has 0 N–H and O–H groups in total. The van der Waals surface area contributed by atoms with Gasteiger partial charge in [-0.05, 0) is 37.7 Å². The number of allylic oxidation sites excluding steroid dienone is 2. The molecular weight excluding hydrogens is 198 g/mol. The van der Waals surface area contributed by atoms with Crippen LogP contribution in [-0.2, 0) is 0 Å². The summed E-state index contributed by atoms with van der Waals surface area (Å²) < 4.78 is 0. The molecule has 1 saturated heterocycles. The molecule has 0 saturated carbocycles. The van der Waals surface area contributed by atoms with Crippen LogP contribution in [0.2, 0.25) is 0 Å². The Bertz CT molecular complexity index is 397. The Morgan fingerprint density at radius 3 is 2.50 bits per heavy atom. The third-order valence-corrected chi connectivity index (χ3v) is 3.71. The van der Waals surface area contributed by atoms with Crippen LogP contribution in [0.1, 0.15) is 18.7 Å². The number of aryl methyl sites for hydroxylation is 1. The fourth-order valence-corrected chi connectivity index (χ4v) is 2.82. The maximum atomic E-state index is 4.51. The van der Waals surface area contributed by atoms with E-state index in [1.54, 1.807) is 0 Å². The number of hydrogen-bond acceptors (Lipinski definition) is 3. The molecule has 1 aromatic rings. The van der Waals surface area contributed by atoms with Gasteiger partial charge in [-0.2, -0.15) is 0 Å². The fourth-order valence-electron chi connectivity index (χ4n) is 2.82. The lowest BCUT2D eigenvalue weighted by atomic mass is 9.86. The molecule has 3 heteroatoms. The summed E-state index contributed by atoms with van der Waals surface area (Å²) in [7, 11) is 0. The quantitative estimate of drug-likeness (QED) is 0.672. The van der Waals surface area contributed by atoms with Crippen LogP contribution in [0, 0.1) is 18.8 Å². The molecule has 1 aliphatic carbocycles. The van der Waals surface area contributed by atoms with Gasteiger partial charge in [-0.1, -0.05) is 12.2 Å². The lowest BCUT2D eigenvalue weighted by Gasteiger charge is -2.17. The van der Waals surface area contributed by atoms with Crippen molar-refractivity contribution in [3.63, 3.8) is 0 Å². The van der Waals surface area contributed by atoms with Gasteiger partial charge in [0.1, 0.15) is 11.6 Å². The van der Waals surface area contributed by atoms with Crippen molar-refractivity contribution in [2.24, 2.45) is 11.8 Å². The molecular formula is C13H17N3. The molecule has 0 aromatic carbocycles. The molecule has 0 radical (unpaired) electrons. The zero-order valence-corrected chi connectivity index (χ0v) is 9.63. The van der Waals surface area contributed by atoms with Crippen molar-refractivity contribution >= 4 is 5.82 Å². The summed E-state index contributed by atoms with van der Waals surface area (Å²) in [6.07, 6.45) is 9.00. The predicted octanol–water partition coefficient (Wildman–Crippen LogP) is 2.19. The number of rotatable bonds is 1. The number of nitrogens with zero attached hydrogens (tertiary/aromatic N) is 3. The summed E-state index contributed by atoms with van der Waals surface area (Å²) in [4.78, 5) is 11.1. The Morgan fingerprint density at radius 2 is 1.88 bits per heavy atom. The Kier molecular flexibility index (Phi) is 2.39. The molecule has 0 bridgehead atoms. The van der Waals surface area contributed by atoms with Gasteiger partial charge in [-0.25, -0.2) is 9.97 Å². The summed E-state index contributed by atoms with van der Waals surface area (Å²) in [5.41, 5.74) is 0.